The maximum Gasteiger partial charge on any atom is 0.257 e. The number of likely N-dealkylation sites (tertiary alicyclic amines) is 2. The Bertz CT molecular complexity index is 845. The first-order chi connectivity index (χ1) is 14.7. The van der Waals surface area contributed by atoms with Gasteiger partial charge >= 0.3 is 0 Å². The molecule has 5 nitrogen and oxygen atoms in total. The lowest BCUT2D eigenvalue weighted by Crippen LogP contribution is -2.39. The van der Waals surface area contributed by atoms with Crippen LogP contribution in [0.1, 0.15) is 55.1 Å². The third-order valence-corrected chi connectivity index (χ3v) is 5.99. The van der Waals surface area contributed by atoms with Gasteiger partial charge in [-0.15, -0.1) is 0 Å². The minimum atomic E-state index is 0.112. The summed E-state index contributed by atoms with van der Waals surface area (Å²) in [4.78, 5) is 17.4. The van der Waals surface area contributed by atoms with Gasteiger partial charge in [-0.1, -0.05) is 17.7 Å². The average Bonchev–Trinajstić information content (AvgIpc) is 3.28. The minimum Gasteiger partial charge on any atom is -0.489 e. The van der Waals surface area contributed by atoms with Crippen LogP contribution in [0.5, 0.6) is 5.75 Å². The summed E-state index contributed by atoms with van der Waals surface area (Å²) in [5, 5.41) is 0. The molecule has 0 N–H and O–H groups in total. The van der Waals surface area contributed by atoms with Crippen LogP contribution in [0.25, 0.3) is 6.08 Å². The lowest BCUT2D eigenvalue weighted by Gasteiger charge is -2.33. The second-order valence-corrected chi connectivity index (χ2v) is 8.45. The monoisotopic (exact) mass is 408 g/mol. The fourth-order valence-electron chi connectivity index (χ4n) is 4.39. The summed E-state index contributed by atoms with van der Waals surface area (Å²) < 4.78 is 11.7. The zero-order chi connectivity index (χ0) is 20.8. The van der Waals surface area contributed by atoms with Gasteiger partial charge in [0.1, 0.15) is 17.6 Å². The Morgan fingerprint density at radius 1 is 1.07 bits per heavy atom. The molecule has 0 spiro atoms. The summed E-state index contributed by atoms with van der Waals surface area (Å²) in [7, 11) is 0. The maximum atomic E-state index is 13.0. The van der Waals surface area contributed by atoms with Crippen molar-refractivity contribution in [3.63, 3.8) is 0 Å². The predicted molar refractivity (Wildman–Crippen MR) is 119 cm³/mol. The van der Waals surface area contributed by atoms with E-state index in [0.717, 1.165) is 69.9 Å². The van der Waals surface area contributed by atoms with Gasteiger partial charge in [0.05, 0.1) is 11.8 Å². The number of rotatable bonds is 6. The molecule has 3 heterocycles. The number of benzene rings is 1. The van der Waals surface area contributed by atoms with E-state index in [1.807, 2.05) is 41.3 Å². The summed E-state index contributed by atoms with van der Waals surface area (Å²) >= 11 is 0. The number of furan rings is 1. The van der Waals surface area contributed by atoms with Crippen LogP contribution in [-0.4, -0.2) is 54.5 Å². The summed E-state index contributed by atoms with van der Waals surface area (Å²) in [5.41, 5.74) is 2.00. The number of nitrogens with zero attached hydrogens (tertiary/aromatic N) is 2. The zero-order valence-corrected chi connectivity index (χ0v) is 17.9. The number of para-hydroxylation sites is 1. The fraction of sp³-hybridized carbons (Fsp3) is 0.480. The van der Waals surface area contributed by atoms with Crippen molar-refractivity contribution in [3.8, 4) is 5.75 Å². The average molecular weight is 409 g/mol. The Balaban J connectivity index is 1.31. The first-order valence-electron chi connectivity index (χ1n) is 11.2. The molecule has 0 aliphatic carbocycles. The van der Waals surface area contributed by atoms with E-state index in [-0.39, 0.29) is 12.0 Å². The van der Waals surface area contributed by atoms with Crippen molar-refractivity contribution in [2.45, 2.75) is 45.1 Å². The Hall–Kier alpha value is -2.53. The van der Waals surface area contributed by atoms with Gasteiger partial charge in [-0.25, -0.2) is 0 Å². The van der Waals surface area contributed by atoms with Crippen molar-refractivity contribution in [2.24, 2.45) is 0 Å². The van der Waals surface area contributed by atoms with E-state index in [1.54, 1.807) is 6.26 Å². The van der Waals surface area contributed by atoms with E-state index in [4.69, 9.17) is 9.15 Å². The van der Waals surface area contributed by atoms with Gasteiger partial charge in [0.25, 0.3) is 5.91 Å². The van der Waals surface area contributed by atoms with Crippen LogP contribution in [-0.2, 0) is 0 Å². The number of piperidine rings is 2. The van der Waals surface area contributed by atoms with E-state index in [1.165, 1.54) is 12.0 Å². The molecule has 30 heavy (non-hydrogen) atoms. The van der Waals surface area contributed by atoms with Crippen LogP contribution in [0.2, 0.25) is 0 Å². The van der Waals surface area contributed by atoms with Gasteiger partial charge in [-0.3, -0.25) is 9.69 Å². The zero-order valence-electron chi connectivity index (χ0n) is 17.9. The highest BCUT2D eigenvalue weighted by Crippen LogP contribution is 2.26. The quantitative estimate of drug-likeness (QED) is 0.685. The lowest BCUT2D eigenvalue weighted by atomic mass is 10.1. The van der Waals surface area contributed by atoms with Gasteiger partial charge in [-0.2, -0.15) is 0 Å². The van der Waals surface area contributed by atoms with E-state index in [2.05, 4.69) is 17.9 Å². The molecular formula is C25H32N2O3. The SMILES string of the molecule is C/C(=C\c1ccco1)CN1CCC(Oc2ccccc2C(=O)N2CCCCC2)CC1. The van der Waals surface area contributed by atoms with Crippen molar-refractivity contribution in [3.05, 3.63) is 59.6 Å². The molecule has 1 aromatic heterocycles. The van der Waals surface area contributed by atoms with E-state index < -0.39 is 0 Å². The summed E-state index contributed by atoms with van der Waals surface area (Å²) in [6.07, 6.45) is 9.33. The number of hydrogen-bond donors (Lipinski definition) is 0. The van der Waals surface area contributed by atoms with Crippen LogP contribution in [0.4, 0.5) is 0 Å². The molecule has 0 bridgehead atoms. The van der Waals surface area contributed by atoms with Crippen molar-refractivity contribution in [1.82, 2.24) is 9.80 Å². The number of hydrogen-bond acceptors (Lipinski definition) is 4. The second-order valence-electron chi connectivity index (χ2n) is 8.45. The van der Waals surface area contributed by atoms with Crippen LogP contribution in [0, 0.1) is 0 Å². The van der Waals surface area contributed by atoms with Gasteiger partial charge in [0, 0.05) is 32.7 Å². The van der Waals surface area contributed by atoms with Crippen molar-refractivity contribution in [2.75, 3.05) is 32.7 Å². The molecule has 2 fully saturated rings. The molecule has 2 aromatic rings. The predicted octanol–water partition coefficient (Wildman–Crippen LogP) is 4.85. The van der Waals surface area contributed by atoms with Gasteiger partial charge < -0.3 is 14.1 Å². The Morgan fingerprint density at radius 2 is 1.83 bits per heavy atom. The number of carbonyl (C=O) groups is 1. The molecule has 5 heteroatoms. The number of ether oxygens (including phenoxy) is 1. The highest BCUT2D eigenvalue weighted by atomic mass is 16.5. The van der Waals surface area contributed by atoms with Crippen LogP contribution < -0.4 is 4.74 Å². The molecular weight excluding hydrogens is 376 g/mol. The molecule has 0 unspecified atom stereocenters. The fourth-order valence-corrected chi connectivity index (χ4v) is 4.39. The highest BCUT2D eigenvalue weighted by molar-refractivity contribution is 5.97. The largest absolute Gasteiger partial charge is 0.489 e. The summed E-state index contributed by atoms with van der Waals surface area (Å²) in [6, 6.07) is 11.6. The van der Waals surface area contributed by atoms with Gasteiger partial charge in [-0.05, 0) is 69.4 Å². The van der Waals surface area contributed by atoms with Crippen molar-refractivity contribution < 1.29 is 13.9 Å². The van der Waals surface area contributed by atoms with Crippen molar-refractivity contribution >= 4 is 12.0 Å². The summed E-state index contributed by atoms with van der Waals surface area (Å²) in [5.74, 6) is 1.75. The molecule has 0 radical (unpaired) electrons. The molecule has 0 saturated carbocycles. The van der Waals surface area contributed by atoms with E-state index in [0.29, 0.717) is 5.56 Å². The Labute approximate surface area is 179 Å². The smallest absolute Gasteiger partial charge is 0.257 e. The standard InChI is InChI=1S/C25H32N2O3/c1-20(18-22-8-7-17-29-22)19-26-15-11-21(12-16-26)30-24-10-4-3-9-23(24)25(28)27-13-5-2-6-14-27/h3-4,7-10,17-18,21H,2,5-6,11-16,19H2,1H3/b20-18+. The first kappa shape index (κ1) is 20.7. The van der Waals surface area contributed by atoms with E-state index >= 15 is 0 Å². The van der Waals surface area contributed by atoms with Crippen LogP contribution in [0.15, 0.2) is 52.7 Å². The van der Waals surface area contributed by atoms with Crippen LogP contribution in [0.3, 0.4) is 0 Å². The van der Waals surface area contributed by atoms with Crippen molar-refractivity contribution in [1.29, 1.82) is 0 Å². The third kappa shape index (κ3) is 5.33. The van der Waals surface area contributed by atoms with E-state index in [9.17, 15) is 4.79 Å². The highest BCUT2D eigenvalue weighted by Gasteiger charge is 2.25. The second kappa shape index (κ2) is 9.98. The maximum absolute atomic E-state index is 13.0. The molecule has 1 amide bonds. The molecule has 2 aliphatic heterocycles. The topological polar surface area (TPSA) is 45.9 Å². The van der Waals surface area contributed by atoms with Crippen LogP contribution >= 0.6 is 0 Å². The normalized spacial score (nSPS) is 19.1. The molecule has 1 aromatic carbocycles. The summed E-state index contributed by atoms with van der Waals surface area (Å²) in [6.45, 7) is 6.80. The Kier molecular flexibility index (Phi) is 6.90. The molecule has 4 rings (SSSR count). The first-order valence-corrected chi connectivity index (χ1v) is 11.2. The van der Waals surface area contributed by atoms with Gasteiger partial charge in [0.2, 0.25) is 0 Å². The minimum absolute atomic E-state index is 0.112. The van der Waals surface area contributed by atoms with Gasteiger partial charge in [0.15, 0.2) is 0 Å². The lowest BCUT2D eigenvalue weighted by molar-refractivity contribution is 0.0706. The third-order valence-electron chi connectivity index (χ3n) is 5.99. The number of amides is 1. The Morgan fingerprint density at radius 3 is 2.57 bits per heavy atom. The molecule has 160 valence electrons. The molecule has 2 saturated heterocycles. The molecule has 2 aliphatic rings. The number of carbonyl (C=O) groups excluding carboxylic acids is 1. The molecule has 0 atom stereocenters.